The van der Waals surface area contributed by atoms with Gasteiger partial charge in [0.25, 0.3) is 0 Å². The number of aromatic nitrogens is 1. The number of benzene rings is 1. The van der Waals surface area contributed by atoms with Gasteiger partial charge in [0.05, 0.1) is 0 Å². The molecular formula is C20H24N2O3S. The van der Waals surface area contributed by atoms with Crippen LogP contribution in [-0.4, -0.2) is 40.5 Å². The molecule has 0 bridgehead atoms. The minimum Gasteiger partial charge on any atom is -0.444 e. The zero-order chi connectivity index (χ0) is 18.7. The van der Waals surface area contributed by atoms with Crippen LogP contribution in [0, 0.1) is 0 Å². The molecule has 1 aromatic heterocycles. The molecule has 0 spiro atoms. The van der Waals surface area contributed by atoms with E-state index in [1.807, 2.05) is 57.3 Å². The van der Waals surface area contributed by atoms with Crippen molar-refractivity contribution >= 4 is 23.2 Å². The van der Waals surface area contributed by atoms with Gasteiger partial charge in [-0.1, -0.05) is 30.3 Å². The van der Waals surface area contributed by atoms with Crippen LogP contribution in [0.4, 0.5) is 4.79 Å². The molecule has 0 aliphatic carbocycles. The van der Waals surface area contributed by atoms with Crippen LogP contribution < -0.4 is 0 Å². The largest absolute Gasteiger partial charge is 0.444 e. The number of carbonyl (C=O) groups is 2. The van der Waals surface area contributed by atoms with E-state index in [0.29, 0.717) is 29.6 Å². The first-order chi connectivity index (χ1) is 12.3. The number of carbonyl (C=O) groups excluding carboxylic acids is 2. The van der Waals surface area contributed by atoms with Crippen molar-refractivity contribution in [3.8, 4) is 0 Å². The van der Waals surface area contributed by atoms with Gasteiger partial charge in [-0.25, -0.2) is 9.78 Å². The zero-order valence-corrected chi connectivity index (χ0v) is 16.2. The SMILES string of the molecule is CC(C)(C)OC(=O)N1CCC(c2cnc(C(=O)c3ccccc3)s2)CC1. The number of hydrogen-bond donors (Lipinski definition) is 0. The van der Waals surface area contributed by atoms with E-state index in [1.54, 1.807) is 4.90 Å². The molecule has 2 aromatic rings. The summed E-state index contributed by atoms with van der Waals surface area (Å²) in [6, 6.07) is 9.22. The molecule has 26 heavy (non-hydrogen) atoms. The van der Waals surface area contributed by atoms with Crippen LogP contribution in [0.15, 0.2) is 36.5 Å². The maximum absolute atomic E-state index is 12.5. The molecule has 0 unspecified atom stereocenters. The number of amides is 1. The molecule has 0 atom stereocenters. The average Bonchev–Trinajstić information content (AvgIpc) is 3.10. The summed E-state index contributed by atoms with van der Waals surface area (Å²) in [5.74, 6) is 0.302. The molecule has 6 heteroatoms. The van der Waals surface area contributed by atoms with E-state index >= 15 is 0 Å². The second-order valence-corrected chi connectivity index (χ2v) is 8.57. The lowest BCUT2D eigenvalue weighted by atomic mass is 9.96. The second-order valence-electron chi connectivity index (χ2n) is 7.50. The van der Waals surface area contributed by atoms with Crippen molar-refractivity contribution < 1.29 is 14.3 Å². The fourth-order valence-electron chi connectivity index (χ4n) is 2.97. The van der Waals surface area contributed by atoms with Gasteiger partial charge in [-0.15, -0.1) is 11.3 Å². The van der Waals surface area contributed by atoms with Crippen molar-refractivity contribution in [2.45, 2.75) is 45.1 Å². The summed E-state index contributed by atoms with van der Waals surface area (Å²) in [7, 11) is 0. The molecule has 3 rings (SSSR count). The van der Waals surface area contributed by atoms with Gasteiger partial charge >= 0.3 is 6.09 Å². The lowest BCUT2D eigenvalue weighted by Gasteiger charge is -2.33. The first kappa shape index (κ1) is 18.6. The van der Waals surface area contributed by atoms with Gasteiger partial charge in [0.1, 0.15) is 5.60 Å². The first-order valence-electron chi connectivity index (χ1n) is 8.87. The van der Waals surface area contributed by atoms with Gasteiger partial charge in [0.2, 0.25) is 5.78 Å². The third kappa shape index (κ3) is 4.49. The molecular weight excluding hydrogens is 348 g/mol. The Labute approximate surface area is 158 Å². The number of nitrogens with zero attached hydrogens (tertiary/aromatic N) is 2. The van der Waals surface area contributed by atoms with E-state index in [4.69, 9.17) is 4.74 Å². The minimum atomic E-state index is -0.474. The van der Waals surface area contributed by atoms with Crippen LogP contribution >= 0.6 is 11.3 Å². The van der Waals surface area contributed by atoms with Crippen molar-refractivity contribution in [3.63, 3.8) is 0 Å². The summed E-state index contributed by atoms with van der Waals surface area (Å²) in [5.41, 5.74) is 0.186. The van der Waals surface area contributed by atoms with Crippen LogP contribution in [0.3, 0.4) is 0 Å². The monoisotopic (exact) mass is 372 g/mol. The fourth-order valence-corrected chi connectivity index (χ4v) is 4.01. The maximum atomic E-state index is 12.5. The molecule has 1 amide bonds. The van der Waals surface area contributed by atoms with Crippen molar-refractivity contribution in [2.24, 2.45) is 0 Å². The Morgan fingerprint density at radius 2 is 1.81 bits per heavy atom. The topological polar surface area (TPSA) is 59.5 Å². The third-order valence-electron chi connectivity index (χ3n) is 4.30. The number of piperidine rings is 1. The maximum Gasteiger partial charge on any atom is 0.410 e. The van der Waals surface area contributed by atoms with E-state index in [9.17, 15) is 9.59 Å². The lowest BCUT2D eigenvalue weighted by molar-refractivity contribution is 0.0205. The van der Waals surface area contributed by atoms with Gasteiger partial charge in [0.15, 0.2) is 5.01 Å². The number of ketones is 1. The molecule has 0 saturated carbocycles. The highest BCUT2D eigenvalue weighted by Gasteiger charge is 2.28. The minimum absolute atomic E-state index is 0.0342. The van der Waals surface area contributed by atoms with Crippen molar-refractivity contribution in [2.75, 3.05) is 13.1 Å². The smallest absolute Gasteiger partial charge is 0.410 e. The zero-order valence-electron chi connectivity index (χ0n) is 15.4. The molecule has 1 fully saturated rings. The second kappa shape index (κ2) is 7.58. The van der Waals surface area contributed by atoms with Gasteiger partial charge in [-0.3, -0.25) is 4.79 Å². The Balaban J connectivity index is 1.60. The van der Waals surface area contributed by atoms with Crippen LogP contribution in [0.5, 0.6) is 0 Å². The Morgan fingerprint density at radius 3 is 2.42 bits per heavy atom. The molecule has 0 radical (unpaired) electrons. The van der Waals surface area contributed by atoms with Crippen molar-refractivity contribution in [1.82, 2.24) is 9.88 Å². The van der Waals surface area contributed by atoms with Crippen LogP contribution in [0.25, 0.3) is 0 Å². The number of ether oxygens (including phenoxy) is 1. The van der Waals surface area contributed by atoms with E-state index in [2.05, 4.69) is 4.98 Å². The first-order valence-corrected chi connectivity index (χ1v) is 9.68. The number of thiazole rings is 1. The highest BCUT2D eigenvalue weighted by Crippen LogP contribution is 2.32. The normalized spacial score (nSPS) is 15.7. The Kier molecular flexibility index (Phi) is 5.41. The van der Waals surface area contributed by atoms with E-state index < -0.39 is 5.60 Å². The summed E-state index contributed by atoms with van der Waals surface area (Å²) in [4.78, 5) is 31.9. The van der Waals surface area contributed by atoms with Gasteiger partial charge in [-0.2, -0.15) is 0 Å². The standard InChI is InChI=1S/C20H24N2O3S/c1-20(2,3)25-19(24)22-11-9-14(10-12-22)16-13-21-18(26-16)17(23)15-7-5-4-6-8-15/h4-8,13-14H,9-12H2,1-3H3. The van der Waals surface area contributed by atoms with Gasteiger partial charge in [-0.05, 0) is 39.5 Å². The summed E-state index contributed by atoms with van der Waals surface area (Å²) >= 11 is 1.47. The highest BCUT2D eigenvalue weighted by atomic mass is 32.1. The quantitative estimate of drug-likeness (QED) is 0.745. The average molecular weight is 372 g/mol. The summed E-state index contributed by atoms with van der Waals surface area (Å²) in [6.45, 7) is 6.96. The number of likely N-dealkylation sites (tertiary alicyclic amines) is 1. The van der Waals surface area contributed by atoms with Crippen LogP contribution in [0.1, 0.15) is 59.8 Å². The molecule has 1 aromatic carbocycles. The van der Waals surface area contributed by atoms with E-state index in [-0.39, 0.29) is 11.9 Å². The third-order valence-corrected chi connectivity index (χ3v) is 5.46. The Hall–Kier alpha value is -2.21. The summed E-state index contributed by atoms with van der Waals surface area (Å²) in [5, 5.41) is 0.528. The summed E-state index contributed by atoms with van der Waals surface area (Å²) in [6.07, 6.45) is 3.29. The molecule has 2 heterocycles. The summed E-state index contributed by atoms with van der Waals surface area (Å²) < 4.78 is 5.44. The predicted octanol–water partition coefficient (Wildman–Crippen LogP) is 4.49. The molecule has 1 aliphatic rings. The molecule has 1 aliphatic heterocycles. The molecule has 1 saturated heterocycles. The van der Waals surface area contributed by atoms with Crippen molar-refractivity contribution in [3.05, 3.63) is 52.0 Å². The Morgan fingerprint density at radius 1 is 1.15 bits per heavy atom. The molecule has 0 N–H and O–H groups in total. The van der Waals surface area contributed by atoms with Crippen LogP contribution in [0.2, 0.25) is 0 Å². The van der Waals surface area contributed by atoms with Crippen molar-refractivity contribution in [1.29, 1.82) is 0 Å². The number of hydrogen-bond acceptors (Lipinski definition) is 5. The van der Waals surface area contributed by atoms with E-state index in [0.717, 1.165) is 17.7 Å². The number of rotatable bonds is 3. The predicted molar refractivity (Wildman–Crippen MR) is 102 cm³/mol. The Bertz CT molecular complexity index is 772. The van der Waals surface area contributed by atoms with Gasteiger partial charge < -0.3 is 9.64 Å². The molecule has 138 valence electrons. The lowest BCUT2D eigenvalue weighted by Crippen LogP contribution is -2.41. The fraction of sp³-hybridized carbons (Fsp3) is 0.450. The van der Waals surface area contributed by atoms with Gasteiger partial charge in [0, 0.05) is 29.7 Å². The van der Waals surface area contributed by atoms with Crippen LogP contribution in [-0.2, 0) is 4.74 Å². The highest BCUT2D eigenvalue weighted by molar-refractivity contribution is 7.13. The van der Waals surface area contributed by atoms with E-state index in [1.165, 1.54) is 11.3 Å². The molecule has 5 nitrogen and oxygen atoms in total.